The summed E-state index contributed by atoms with van der Waals surface area (Å²) in [6.45, 7) is 1.75. The van der Waals surface area contributed by atoms with Gasteiger partial charge in [0.25, 0.3) is 0 Å². The van der Waals surface area contributed by atoms with E-state index in [1.165, 1.54) is 23.9 Å². The third kappa shape index (κ3) is 3.92. The Morgan fingerprint density at radius 3 is 2.70 bits per heavy atom. The minimum Gasteiger partial charge on any atom is -0.478 e. The number of benzene rings is 2. The number of amides is 1. The van der Waals surface area contributed by atoms with Gasteiger partial charge in [-0.15, -0.1) is 10.2 Å². The number of nitrogens with one attached hydrogen (secondary N) is 1. The van der Waals surface area contributed by atoms with Gasteiger partial charge in [-0.1, -0.05) is 30.0 Å². The summed E-state index contributed by atoms with van der Waals surface area (Å²) in [6.07, 6.45) is 0. The van der Waals surface area contributed by atoms with E-state index in [2.05, 4.69) is 15.5 Å². The molecule has 0 aliphatic heterocycles. The van der Waals surface area contributed by atoms with Gasteiger partial charge in [-0.2, -0.15) is 0 Å². The number of carboxylic acid groups (broad SMARTS) is 1. The minimum atomic E-state index is -1.01. The maximum Gasteiger partial charge on any atom is 0.335 e. The van der Waals surface area contributed by atoms with Gasteiger partial charge in [0.15, 0.2) is 16.7 Å². The normalized spacial score (nSPS) is 11.0. The van der Waals surface area contributed by atoms with E-state index < -0.39 is 5.97 Å². The quantitative estimate of drug-likeness (QED) is 0.452. The van der Waals surface area contributed by atoms with E-state index in [-0.39, 0.29) is 17.2 Å². The SMILES string of the molecule is Cc1cc(C(=O)O)ccc1NC(=O)CSc1nnc(-c2cc3ccccc3o2)n1C. The highest BCUT2D eigenvalue weighted by Gasteiger charge is 2.16. The number of aromatic carboxylic acids is 1. The molecule has 0 bridgehead atoms. The number of para-hydroxylation sites is 1. The Morgan fingerprint density at radius 1 is 1.17 bits per heavy atom. The van der Waals surface area contributed by atoms with E-state index in [1.807, 2.05) is 37.4 Å². The molecule has 4 aromatic rings. The van der Waals surface area contributed by atoms with E-state index in [4.69, 9.17) is 9.52 Å². The van der Waals surface area contributed by atoms with E-state index in [1.54, 1.807) is 17.6 Å². The molecule has 0 atom stereocenters. The van der Waals surface area contributed by atoms with Crippen molar-refractivity contribution in [1.82, 2.24) is 14.8 Å². The average molecular weight is 422 g/mol. The number of rotatable bonds is 6. The molecule has 2 aromatic heterocycles. The van der Waals surface area contributed by atoms with Crippen LogP contribution in [0, 0.1) is 6.92 Å². The van der Waals surface area contributed by atoms with Crippen molar-refractivity contribution in [3.05, 3.63) is 59.7 Å². The fourth-order valence-electron chi connectivity index (χ4n) is 3.00. The van der Waals surface area contributed by atoms with Crippen molar-refractivity contribution >= 4 is 40.3 Å². The molecule has 9 heteroatoms. The number of nitrogens with zero attached hydrogens (tertiary/aromatic N) is 3. The van der Waals surface area contributed by atoms with Crippen LogP contribution in [0.5, 0.6) is 0 Å². The predicted molar refractivity (Wildman–Crippen MR) is 114 cm³/mol. The number of hydrogen-bond donors (Lipinski definition) is 2. The summed E-state index contributed by atoms with van der Waals surface area (Å²) in [5, 5.41) is 21.7. The number of carbonyl (C=O) groups is 2. The van der Waals surface area contributed by atoms with Gasteiger partial charge in [0.1, 0.15) is 5.58 Å². The van der Waals surface area contributed by atoms with Crippen LogP contribution in [0.25, 0.3) is 22.6 Å². The molecule has 1 amide bonds. The number of anilines is 1. The maximum atomic E-state index is 12.3. The monoisotopic (exact) mass is 422 g/mol. The first kappa shape index (κ1) is 19.7. The van der Waals surface area contributed by atoms with Gasteiger partial charge >= 0.3 is 5.97 Å². The first-order valence-electron chi connectivity index (χ1n) is 9.07. The largest absolute Gasteiger partial charge is 0.478 e. The lowest BCUT2D eigenvalue weighted by Crippen LogP contribution is -2.15. The van der Waals surface area contributed by atoms with Crippen molar-refractivity contribution in [2.24, 2.45) is 7.05 Å². The number of carbonyl (C=O) groups excluding carboxylic acids is 1. The topological polar surface area (TPSA) is 110 Å². The Bertz CT molecular complexity index is 1230. The smallest absolute Gasteiger partial charge is 0.335 e. The summed E-state index contributed by atoms with van der Waals surface area (Å²) >= 11 is 1.25. The molecule has 2 heterocycles. The average Bonchev–Trinajstić information content (AvgIpc) is 3.30. The summed E-state index contributed by atoms with van der Waals surface area (Å²) in [6, 6.07) is 14.2. The molecule has 0 saturated heterocycles. The lowest BCUT2D eigenvalue weighted by atomic mass is 10.1. The van der Waals surface area contributed by atoms with Crippen molar-refractivity contribution in [1.29, 1.82) is 0 Å². The zero-order chi connectivity index (χ0) is 21.3. The van der Waals surface area contributed by atoms with Crippen LogP contribution in [-0.4, -0.2) is 37.5 Å². The lowest BCUT2D eigenvalue weighted by Gasteiger charge is -2.09. The minimum absolute atomic E-state index is 0.131. The van der Waals surface area contributed by atoms with Crippen molar-refractivity contribution in [2.75, 3.05) is 11.1 Å². The molecule has 0 radical (unpaired) electrons. The number of carboxylic acids is 1. The van der Waals surface area contributed by atoms with Gasteiger partial charge in [0.2, 0.25) is 5.91 Å². The van der Waals surface area contributed by atoms with Gasteiger partial charge in [0, 0.05) is 18.1 Å². The number of fused-ring (bicyclic) bond motifs is 1. The van der Waals surface area contributed by atoms with E-state index in [0.29, 0.717) is 28.0 Å². The second-order valence-corrected chi connectivity index (χ2v) is 7.63. The Balaban J connectivity index is 1.43. The Labute approximate surface area is 175 Å². The zero-order valence-electron chi connectivity index (χ0n) is 16.2. The van der Waals surface area contributed by atoms with Crippen LogP contribution in [-0.2, 0) is 11.8 Å². The molecular formula is C21H18N4O4S. The van der Waals surface area contributed by atoms with Gasteiger partial charge in [-0.3, -0.25) is 4.79 Å². The van der Waals surface area contributed by atoms with Crippen molar-refractivity contribution in [3.8, 4) is 11.6 Å². The van der Waals surface area contributed by atoms with Gasteiger partial charge < -0.3 is 19.4 Å². The third-order valence-corrected chi connectivity index (χ3v) is 5.58. The van der Waals surface area contributed by atoms with Crippen molar-refractivity contribution < 1.29 is 19.1 Å². The number of furan rings is 1. The van der Waals surface area contributed by atoms with E-state index >= 15 is 0 Å². The fraction of sp³-hybridized carbons (Fsp3) is 0.143. The van der Waals surface area contributed by atoms with Crippen molar-refractivity contribution in [3.63, 3.8) is 0 Å². The summed E-state index contributed by atoms with van der Waals surface area (Å²) in [5.74, 6) is 0.0889. The number of hydrogen-bond acceptors (Lipinski definition) is 6. The predicted octanol–water partition coefficient (Wildman–Crippen LogP) is 3.97. The Morgan fingerprint density at radius 2 is 1.97 bits per heavy atom. The van der Waals surface area contributed by atoms with Crippen LogP contribution in [0.3, 0.4) is 0 Å². The van der Waals surface area contributed by atoms with Gasteiger partial charge in [-0.25, -0.2) is 4.79 Å². The van der Waals surface area contributed by atoms with Crippen molar-refractivity contribution in [2.45, 2.75) is 12.1 Å². The summed E-state index contributed by atoms with van der Waals surface area (Å²) in [7, 11) is 1.82. The highest BCUT2D eigenvalue weighted by Crippen LogP contribution is 2.28. The second kappa shape index (κ2) is 8.03. The number of aryl methyl sites for hydroxylation is 1. The fourth-order valence-corrected chi connectivity index (χ4v) is 3.71. The maximum absolute atomic E-state index is 12.3. The van der Waals surface area contributed by atoms with Crippen LogP contribution in [0.15, 0.2) is 58.1 Å². The molecule has 0 spiro atoms. The highest BCUT2D eigenvalue weighted by molar-refractivity contribution is 7.99. The number of aromatic nitrogens is 3. The molecule has 0 aliphatic carbocycles. The molecular weight excluding hydrogens is 404 g/mol. The highest BCUT2D eigenvalue weighted by atomic mass is 32.2. The van der Waals surface area contributed by atoms with Crippen LogP contribution in [0.2, 0.25) is 0 Å². The molecule has 0 aliphatic rings. The van der Waals surface area contributed by atoms with Crippen LogP contribution >= 0.6 is 11.8 Å². The standard InChI is InChI=1S/C21H18N4O4S/c1-12-9-14(20(27)28)7-8-15(12)22-18(26)11-30-21-24-23-19(25(21)2)17-10-13-5-3-4-6-16(13)29-17/h3-10H,11H2,1-2H3,(H,22,26)(H,27,28). The first-order chi connectivity index (χ1) is 14.4. The number of thioether (sulfide) groups is 1. The van der Waals surface area contributed by atoms with Crippen LogP contribution in [0.1, 0.15) is 15.9 Å². The molecule has 152 valence electrons. The molecule has 2 N–H and O–H groups in total. The van der Waals surface area contributed by atoms with Gasteiger partial charge in [-0.05, 0) is 42.8 Å². The second-order valence-electron chi connectivity index (χ2n) is 6.69. The Kier molecular flexibility index (Phi) is 5.28. The summed E-state index contributed by atoms with van der Waals surface area (Å²) in [5.41, 5.74) is 2.20. The summed E-state index contributed by atoms with van der Waals surface area (Å²) in [4.78, 5) is 23.4. The molecule has 4 rings (SSSR count). The lowest BCUT2D eigenvalue weighted by molar-refractivity contribution is -0.113. The molecule has 8 nitrogen and oxygen atoms in total. The Hall–Kier alpha value is -3.59. The molecule has 0 unspecified atom stereocenters. The molecule has 0 fully saturated rings. The van der Waals surface area contributed by atoms with Crippen LogP contribution < -0.4 is 5.32 Å². The zero-order valence-corrected chi connectivity index (χ0v) is 17.1. The van der Waals surface area contributed by atoms with Gasteiger partial charge in [0.05, 0.1) is 11.3 Å². The van der Waals surface area contributed by atoms with E-state index in [0.717, 1.165) is 11.0 Å². The van der Waals surface area contributed by atoms with E-state index in [9.17, 15) is 9.59 Å². The first-order valence-corrected chi connectivity index (χ1v) is 10.1. The molecule has 30 heavy (non-hydrogen) atoms. The van der Waals surface area contributed by atoms with Crippen LogP contribution in [0.4, 0.5) is 5.69 Å². The molecule has 0 saturated carbocycles. The summed E-state index contributed by atoms with van der Waals surface area (Å²) < 4.78 is 7.62. The third-order valence-electron chi connectivity index (χ3n) is 4.56. The molecule has 2 aromatic carbocycles.